The molecule has 3 rings (SSSR count). The van der Waals surface area contributed by atoms with Gasteiger partial charge in [0.15, 0.2) is 0 Å². The van der Waals surface area contributed by atoms with E-state index >= 15 is 0 Å². The maximum absolute atomic E-state index is 13.0. The average Bonchev–Trinajstić information content (AvgIpc) is 2.70. The fourth-order valence-corrected chi connectivity index (χ4v) is 3.32. The highest BCUT2D eigenvalue weighted by molar-refractivity contribution is 6.33. The summed E-state index contributed by atoms with van der Waals surface area (Å²) in [5.41, 5.74) is 0.493. The first-order valence-corrected chi connectivity index (χ1v) is 9.43. The van der Waals surface area contributed by atoms with Crippen LogP contribution in [-0.2, 0) is 9.59 Å². The maximum atomic E-state index is 13.0. The average molecular weight is 386 g/mol. The Kier molecular flexibility index (Phi) is 5.71. The zero-order valence-electron chi connectivity index (χ0n) is 15.6. The molecule has 2 amide bonds. The molecule has 0 unspecified atom stereocenters. The molecule has 1 heterocycles. The van der Waals surface area contributed by atoms with Crippen molar-refractivity contribution in [2.24, 2.45) is 5.41 Å². The summed E-state index contributed by atoms with van der Waals surface area (Å²) < 4.78 is 0. The topological polar surface area (TPSA) is 52.7 Å². The third-order valence-electron chi connectivity index (χ3n) is 4.91. The number of piperazine rings is 1. The van der Waals surface area contributed by atoms with E-state index in [4.69, 9.17) is 11.6 Å². The number of para-hydroxylation sites is 2. The molecule has 1 aliphatic rings. The SMILES string of the molecule is CC(C)(C(=O)Nc1ccccc1Cl)C(=O)N1CCN(c2ccccc2)CC1. The Bertz CT molecular complexity index is 815. The minimum atomic E-state index is -1.17. The largest absolute Gasteiger partial charge is 0.368 e. The smallest absolute Gasteiger partial charge is 0.239 e. The molecule has 1 fully saturated rings. The molecular formula is C21H24ClN3O2. The lowest BCUT2D eigenvalue weighted by Gasteiger charge is -2.39. The van der Waals surface area contributed by atoms with Crippen LogP contribution in [0.25, 0.3) is 0 Å². The second kappa shape index (κ2) is 8.01. The molecule has 1 aliphatic heterocycles. The van der Waals surface area contributed by atoms with Crippen LogP contribution in [0.1, 0.15) is 13.8 Å². The summed E-state index contributed by atoms with van der Waals surface area (Å²) in [5.74, 6) is -0.522. The van der Waals surface area contributed by atoms with Crippen molar-refractivity contribution in [3.05, 3.63) is 59.6 Å². The molecule has 0 spiro atoms. The van der Waals surface area contributed by atoms with Crippen molar-refractivity contribution >= 4 is 34.8 Å². The second-order valence-corrected chi connectivity index (χ2v) is 7.58. The molecule has 2 aromatic rings. The molecule has 142 valence electrons. The van der Waals surface area contributed by atoms with Crippen molar-refractivity contribution in [2.75, 3.05) is 36.4 Å². The normalized spacial score (nSPS) is 14.8. The lowest BCUT2D eigenvalue weighted by Crippen LogP contribution is -2.54. The third-order valence-corrected chi connectivity index (χ3v) is 5.24. The Balaban J connectivity index is 1.62. The summed E-state index contributed by atoms with van der Waals surface area (Å²) in [6.07, 6.45) is 0. The van der Waals surface area contributed by atoms with Crippen LogP contribution in [0.3, 0.4) is 0 Å². The van der Waals surface area contributed by atoms with Crippen molar-refractivity contribution in [2.45, 2.75) is 13.8 Å². The number of carbonyl (C=O) groups is 2. The van der Waals surface area contributed by atoms with Gasteiger partial charge in [-0.25, -0.2) is 0 Å². The number of anilines is 2. The number of hydrogen-bond acceptors (Lipinski definition) is 3. The number of nitrogens with one attached hydrogen (secondary N) is 1. The van der Waals surface area contributed by atoms with Gasteiger partial charge in [0.05, 0.1) is 10.7 Å². The van der Waals surface area contributed by atoms with Gasteiger partial charge in [0.1, 0.15) is 5.41 Å². The summed E-state index contributed by atoms with van der Waals surface area (Å²) in [6, 6.07) is 17.2. The molecule has 0 radical (unpaired) electrons. The predicted octanol–water partition coefficient (Wildman–Crippen LogP) is 3.65. The molecule has 1 saturated heterocycles. The molecule has 27 heavy (non-hydrogen) atoms. The molecular weight excluding hydrogens is 362 g/mol. The lowest BCUT2D eigenvalue weighted by atomic mass is 9.89. The zero-order valence-corrected chi connectivity index (χ0v) is 16.4. The highest BCUT2D eigenvalue weighted by Crippen LogP contribution is 2.26. The third kappa shape index (κ3) is 4.25. The summed E-state index contributed by atoms with van der Waals surface area (Å²) in [4.78, 5) is 29.7. The van der Waals surface area contributed by atoms with E-state index in [1.807, 2.05) is 18.2 Å². The highest BCUT2D eigenvalue weighted by Gasteiger charge is 2.40. The van der Waals surface area contributed by atoms with E-state index in [0.29, 0.717) is 23.8 Å². The molecule has 2 aromatic carbocycles. The van der Waals surface area contributed by atoms with Gasteiger partial charge in [-0.15, -0.1) is 0 Å². The van der Waals surface area contributed by atoms with E-state index in [2.05, 4.69) is 22.3 Å². The minimum Gasteiger partial charge on any atom is -0.368 e. The number of amides is 2. The van der Waals surface area contributed by atoms with Crippen LogP contribution in [-0.4, -0.2) is 42.9 Å². The fourth-order valence-electron chi connectivity index (χ4n) is 3.14. The second-order valence-electron chi connectivity index (χ2n) is 7.17. The van der Waals surface area contributed by atoms with Crippen molar-refractivity contribution < 1.29 is 9.59 Å². The summed E-state index contributed by atoms with van der Waals surface area (Å²) >= 11 is 6.11. The van der Waals surface area contributed by atoms with E-state index in [9.17, 15) is 9.59 Å². The Morgan fingerprint density at radius 2 is 1.52 bits per heavy atom. The standard InChI is InChI=1S/C21H24ClN3O2/c1-21(2,19(26)23-18-11-7-6-10-17(18)22)20(27)25-14-12-24(13-15-25)16-8-4-3-5-9-16/h3-11H,12-15H2,1-2H3,(H,23,26). The van der Waals surface area contributed by atoms with Crippen molar-refractivity contribution in [1.82, 2.24) is 4.90 Å². The van der Waals surface area contributed by atoms with E-state index in [1.165, 1.54) is 0 Å². The van der Waals surface area contributed by atoms with Gasteiger partial charge < -0.3 is 15.1 Å². The number of nitrogens with zero attached hydrogens (tertiary/aromatic N) is 2. The molecule has 6 heteroatoms. The number of halogens is 1. The number of rotatable bonds is 4. The molecule has 0 atom stereocenters. The quantitative estimate of drug-likeness (QED) is 0.817. The van der Waals surface area contributed by atoms with Crippen LogP contribution in [0.4, 0.5) is 11.4 Å². The Hall–Kier alpha value is -2.53. The van der Waals surface area contributed by atoms with Gasteiger partial charge in [-0.2, -0.15) is 0 Å². The lowest BCUT2D eigenvalue weighted by molar-refractivity contribution is -0.146. The fraction of sp³-hybridized carbons (Fsp3) is 0.333. The molecule has 0 aromatic heterocycles. The van der Waals surface area contributed by atoms with Gasteiger partial charge in [-0.05, 0) is 38.1 Å². The first-order chi connectivity index (χ1) is 12.9. The Morgan fingerprint density at radius 1 is 0.926 bits per heavy atom. The minimum absolute atomic E-state index is 0.167. The first kappa shape index (κ1) is 19.2. The Labute approximate surface area is 164 Å². The van der Waals surface area contributed by atoms with Gasteiger partial charge >= 0.3 is 0 Å². The molecule has 0 aliphatic carbocycles. The molecule has 0 saturated carbocycles. The molecule has 5 nitrogen and oxygen atoms in total. The van der Waals surface area contributed by atoms with Crippen LogP contribution in [0.5, 0.6) is 0 Å². The van der Waals surface area contributed by atoms with Gasteiger partial charge in [0.25, 0.3) is 0 Å². The number of benzene rings is 2. The van der Waals surface area contributed by atoms with Crippen LogP contribution < -0.4 is 10.2 Å². The monoisotopic (exact) mass is 385 g/mol. The maximum Gasteiger partial charge on any atom is 0.239 e. The van der Waals surface area contributed by atoms with E-state index in [-0.39, 0.29) is 11.8 Å². The van der Waals surface area contributed by atoms with E-state index < -0.39 is 5.41 Å². The van der Waals surface area contributed by atoms with Crippen molar-refractivity contribution in [1.29, 1.82) is 0 Å². The number of hydrogen-bond donors (Lipinski definition) is 1. The van der Waals surface area contributed by atoms with Crippen molar-refractivity contribution in [3.63, 3.8) is 0 Å². The first-order valence-electron chi connectivity index (χ1n) is 9.05. The van der Waals surface area contributed by atoms with Gasteiger partial charge in [0.2, 0.25) is 11.8 Å². The van der Waals surface area contributed by atoms with E-state index in [0.717, 1.165) is 18.8 Å². The molecule has 0 bridgehead atoms. The van der Waals surface area contributed by atoms with Gasteiger partial charge in [-0.3, -0.25) is 9.59 Å². The zero-order chi connectivity index (χ0) is 19.4. The van der Waals surface area contributed by atoms with Crippen LogP contribution in [0.2, 0.25) is 5.02 Å². The van der Waals surface area contributed by atoms with E-state index in [1.54, 1.807) is 43.0 Å². The summed E-state index contributed by atoms with van der Waals surface area (Å²) in [7, 11) is 0. The predicted molar refractivity (Wildman–Crippen MR) is 109 cm³/mol. The summed E-state index contributed by atoms with van der Waals surface area (Å²) in [6.45, 7) is 6.00. The van der Waals surface area contributed by atoms with Crippen LogP contribution in [0.15, 0.2) is 54.6 Å². The van der Waals surface area contributed by atoms with Crippen LogP contribution in [0, 0.1) is 5.41 Å². The Morgan fingerprint density at radius 3 is 2.15 bits per heavy atom. The van der Waals surface area contributed by atoms with Gasteiger partial charge in [-0.1, -0.05) is 41.9 Å². The summed E-state index contributed by atoms with van der Waals surface area (Å²) in [5, 5.41) is 3.23. The number of carbonyl (C=O) groups excluding carboxylic acids is 2. The van der Waals surface area contributed by atoms with Crippen molar-refractivity contribution in [3.8, 4) is 0 Å². The van der Waals surface area contributed by atoms with Crippen LogP contribution >= 0.6 is 11.6 Å². The molecule has 1 N–H and O–H groups in total. The van der Waals surface area contributed by atoms with Gasteiger partial charge in [0, 0.05) is 31.9 Å². The highest BCUT2D eigenvalue weighted by atomic mass is 35.5.